The number of rotatable bonds is 3. The van der Waals surface area contributed by atoms with Gasteiger partial charge in [-0.3, -0.25) is 9.80 Å². The highest BCUT2D eigenvalue weighted by atomic mass is 16.5. The summed E-state index contributed by atoms with van der Waals surface area (Å²) in [5.41, 5.74) is 4.27. The van der Waals surface area contributed by atoms with Crippen molar-refractivity contribution >= 4 is 22.8 Å². The van der Waals surface area contributed by atoms with E-state index in [9.17, 15) is 4.79 Å². The first-order chi connectivity index (χ1) is 13.1. The maximum absolute atomic E-state index is 12.3. The van der Waals surface area contributed by atoms with E-state index in [0.717, 1.165) is 80.3 Å². The third kappa shape index (κ3) is 3.30. The highest BCUT2D eigenvalue weighted by molar-refractivity contribution is 5.95. The highest BCUT2D eigenvalue weighted by Gasteiger charge is 2.31. The Morgan fingerprint density at radius 1 is 1.30 bits per heavy atom. The molecular formula is C20H28N4O3. The van der Waals surface area contributed by atoms with Crippen LogP contribution in [0.2, 0.25) is 0 Å². The lowest BCUT2D eigenvalue weighted by atomic mass is 9.96. The molecule has 0 spiro atoms. The highest BCUT2D eigenvalue weighted by Crippen LogP contribution is 2.36. The van der Waals surface area contributed by atoms with E-state index in [2.05, 4.69) is 35.4 Å². The van der Waals surface area contributed by atoms with Gasteiger partial charge >= 0.3 is 6.09 Å². The predicted octanol–water partition coefficient (Wildman–Crippen LogP) is 2.58. The van der Waals surface area contributed by atoms with Crippen molar-refractivity contribution in [2.24, 2.45) is 0 Å². The van der Waals surface area contributed by atoms with Crippen molar-refractivity contribution in [2.75, 3.05) is 44.9 Å². The average molecular weight is 372 g/mol. The largest absolute Gasteiger partial charge is 0.452 e. The van der Waals surface area contributed by atoms with Crippen LogP contribution in [-0.2, 0) is 22.4 Å². The van der Waals surface area contributed by atoms with Crippen LogP contribution in [0, 0.1) is 6.92 Å². The van der Waals surface area contributed by atoms with E-state index in [0.29, 0.717) is 0 Å². The maximum atomic E-state index is 12.3. The first kappa shape index (κ1) is 18.3. The summed E-state index contributed by atoms with van der Waals surface area (Å²) in [7, 11) is 1.44. The molecule has 1 amide bonds. The van der Waals surface area contributed by atoms with Crippen molar-refractivity contribution in [3.05, 3.63) is 23.5 Å². The first-order valence-electron chi connectivity index (χ1n) is 9.76. The SMILES string of the molecule is COC(=O)N1c2ccc3c(nc(C)n3CCN3CCOCC3)c2CC[C@@H]1C. The van der Waals surface area contributed by atoms with Crippen LogP contribution in [0.1, 0.15) is 24.7 Å². The summed E-state index contributed by atoms with van der Waals surface area (Å²) in [6.07, 6.45) is 1.55. The second kappa shape index (κ2) is 7.48. The quantitative estimate of drug-likeness (QED) is 0.829. The fraction of sp³-hybridized carbons (Fsp3) is 0.600. The Morgan fingerprint density at radius 3 is 2.81 bits per heavy atom. The van der Waals surface area contributed by atoms with Crippen molar-refractivity contribution in [2.45, 2.75) is 39.3 Å². The summed E-state index contributed by atoms with van der Waals surface area (Å²) in [6.45, 7) is 9.67. The van der Waals surface area contributed by atoms with Gasteiger partial charge in [-0.15, -0.1) is 0 Å². The van der Waals surface area contributed by atoms with Crippen LogP contribution in [0.25, 0.3) is 11.0 Å². The molecule has 1 aromatic carbocycles. The molecule has 0 saturated carbocycles. The van der Waals surface area contributed by atoms with E-state index >= 15 is 0 Å². The van der Waals surface area contributed by atoms with Gasteiger partial charge in [-0.25, -0.2) is 9.78 Å². The molecule has 3 heterocycles. The Balaban J connectivity index is 1.66. The molecule has 2 aromatic rings. The number of carbonyl (C=O) groups is 1. The molecule has 7 heteroatoms. The van der Waals surface area contributed by atoms with Gasteiger partial charge in [0, 0.05) is 37.8 Å². The molecule has 2 aliphatic rings. The van der Waals surface area contributed by atoms with Gasteiger partial charge in [0.1, 0.15) is 5.82 Å². The van der Waals surface area contributed by atoms with Crippen LogP contribution in [0.4, 0.5) is 10.5 Å². The molecule has 1 atom stereocenters. The molecular weight excluding hydrogens is 344 g/mol. The standard InChI is InChI=1S/C20H28N4O3/c1-14-4-5-16-17(24(14)20(25)26-3)6-7-18-19(16)21-15(2)23(18)9-8-22-10-12-27-13-11-22/h6-7,14H,4-5,8-13H2,1-3H3/t14-/m0/s1. The van der Waals surface area contributed by atoms with E-state index in [1.54, 1.807) is 4.90 Å². The van der Waals surface area contributed by atoms with Crippen LogP contribution < -0.4 is 4.90 Å². The number of aromatic nitrogens is 2. The van der Waals surface area contributed by atoms with Gasteiger partial charge in [0.05, 0.1) is 37.0 Å². The molecule has 0 radical (unpaired) electrons. The molecule has 4 rings (SSSR count). The number of nitrogens with zero attached hydrogens (tertiary/aromatic N) is 4. The lowest BCUT2D eigenvalue weighted by Gasteiger charge is -2.34. The van der Waals surface area contributed by atoms with Gasteiger partial charge in [0.25, 0.3) is 0 Å². The van der Waals surface area contributed by atoms with E-state index in [4.69, 9.17) is 14.5 Å². The lowest BCUT2D eigenvalue weighted by Crippen LogP contribution is -2.42. The molecule has 27 heavy (non-hydrogen) atoms. The number of imidazole rings is 1. The zero-order valence-electron chi connectivity index (χ0n) is 16.4. The Bertz CT molecular complexity index is 841. The number of amides is 1. The van der Waals surface area contributed by atoms with Crippen molar-refractivity contribution in [1.29, 1.82) is 0 Å². The van der Waals surface area contributed by atoms with Crippen molar-refractivity contribution in [3.63, 3.8) is 0 Å². The topological polar surface area (TPSA) is 59.8 Å². The predicted molar refractivity (Wildman–Crippen MR) is 104 cm³/mol. The smallest absolute Gasteiger partial charge is 0.414 e. The number of aryl methyl sites for hydroxylation is 2. The average Bonchev–Trinajstić information content (AvgIpc) is 3.01. The van der Waals surface area contributed by atoms with Crippen molar-refractivity contribution in [3.8, 4) is 0 Å². The summed E-state index contributed by atoms with van der Waals surface area (Å²) in [4.78, 5) is 21.4. The molecule has 1 fully saturated rings. The number of ether oxygens (including phenoxy) is 2. The Hall–Kier alpha value is -2.12. The zero-order valence-corrected chi connectivity index (χ0v) is 16.4. The number of anilines is 1. The first-order valence-corrected chi connectivity index (χ1v) is 9.76. The van der Waals surface area contributed by atoms with Gasteiger partial charge in [-0.2, -0.15) is 0 Å². The monoisotopic (exact) mass is 372 g/mol. The number of fused-ring (bicyclic) bond motifs is 3. The third-order valence-corrected chi connectivity index (χ3v) is 5.82. The number of methoxy groups -OCH3 is 1. The summed E-state index contributed by atoms with van der Waals surface area (Å²) in [5.74, 6) is 1.02. The molecule has 0 unspecified atom stereocenters. The fourth-order valence-electron chi connectivity index (χ4n) is 4.27. The molecule has 1 aromatic heterocycles. The third-order valence-electron chi connectivity index (χ3n) is 5.82. The Labute approximate surface area is 159 Å². The van der Waals surface area contributed by atoms with Gasteiger partial charge in [0.2, 0.25) is 0 Å². The van der Waals surface area contributed by atoms with Crippen molar-refractivity contribution < 1.29 is 14.3 Å². The second-order valence-electron chi connectivity index (χ2n) is 7.42. The number of carbonyl (C=O) groups excluding carboxylic acids is 1. The summed E-state index contributed by atoms with van der Waals surface area (Å²) < 4.78 is 12.7. The van der Waals surface area contributed by atoms with Gasteiger partial charge in [-0.1, -0.05) is 0 Å². The summed E-state index contributed by atoms with van der Waals surface area (Å²) in [6, 6.07) is 4.28. The van der Waals surface area contributed by atoms with Gasteiger partial charge < -0.3 is 14.0 Å². The summed E-state index contributed by atoms with van der Waals surface area (Å²) in [5, 5.41) is 0. The number of hydrogen-bond acceptors (Lipinski definition) is 5. The van der Waals surface area contributed by atoms with E-state index in [1.807, 2.05) is 0 Å². The van der Waals surface area contributed by atoms with Crippen LogP contribution in [-0.4, -0.2) is 66.5 Å². The van der Waals surface area contributed by atoms with Crippen molar-refractivity contribution in [1.82, 2.24) is 14.5 Å². The molecule has 146 valence electrons. The molecule has 0 aliphatic carbocycles. The van der Waals surface area contributed by atoms with Crippen LogP contribution >= 0.6 is 0 Å². The van der Waals surface area contributed by atoms with Crippen LogP contribution in [0.3, 0.4) is 0 Å². The minimum absolute atomic E-state index is 0.131. The Morgan fingerprint density at radius 2 is 2.07 bits per heavy atom. The van der Waals surface area contributed by atoms with Crippen LogP contribution in [0.15, 0.2) is 12.1 Å². The van der Waals surface area contributed by atoms with E-state index in [1.165, 1.54) is 7.11 Å². The Kier molecular flexibility index (Phi) is 5.06. The number of morpholine rings is 1. The fourth-order valence-corrected chi connectivity index (χ4v) is 4.27. The molecule has 0 N–H and O–H groups in total. The normalized spacial score (nSPS) is 20.7. The molecule has 0 bridgehead atoms. The minimum atomic E-state index is -0.300. The van der Waals surface area contributed by atoms with Gasteiger partial charge in [-0.05, 0) is 38.8 Å². The van der Waals surface area contributed by atoms with Crippen LogP contribution in [0.5, 0.6) is 0 Å². The van der Waals surface area contributed by atoms with E-state index < -0.39 is 0 Å². The van der Waals surface area contributed by atoms with E-state index in [-0.39, 0.29) is 12.1 Å². The lowest BCUT2D eigenvalue weighted by molar-refractivity contribution is 0.0364. The summed E-state index contributed by atoms with van der Waals surface area (Å²) >= 11 is 0. The molecule has 7 nitrogen and oxygen atoms in total. The minimum Gasteiger partial charge on any atom is -0.452 e. The number of benzene rings is 1. The number of hydrogen-bond donors (Lipinski definition) is 0. The maximum Gasteiger partial charge on any atom is 0.414 e. The second-order valence-corrected chi connectivity index (χ2v) is 7.42. The van der Waals surface area contributed by atoms with Gasteiger partial charge in [0.15, 0.2) is 0 Å². The molecule has 1 saturated heterocycles. The zero-order chi connectivity index (χ0) is 19.0. The molecule has 2 aliphatic heterocycles.